The molecule has 1 aromatic carbocycles. The van der Waals surface area contributed by atoms with E-state index in [9.17, 15) is 4.79 Å². The summed E-state index contributed by atoms with van der Waals surface area (Å²) in [6.45, 7) is 4.25. The van der Waals surface area contributed by atoms with Crippen molar-refractivity contribution in [2.24, 2.45) is 7.05 Å². The van der Waals surface area contributed by atoms with Crippen LogP contribution >= 0.6 is 0 Å². The predicted octanol–water partition coefficient (Wildman–Crippen LogP) is 3.49. The fourth-order valence-corrected chi connectivity index (χ4v) is 2.99. The van der Waals surface area contributed by atoms with Gasteiger partial charge in [-0.25, -0.2) is 0 Å². The molecule has 1 aromatic heterocycles. The molecule has 0 amide bonds. The van der Waals surface area contributed by atoms with Crippen LogP contribution in [0.3, 0.4) is 0 Å². The molecule has 0 aliphatic heterocycles. The summed E-state index contributed by atoms with van der Waals surface area (Å²) in [7, 11) is 2.00. The average Bonchev–Trinajstić information content (AvgIpc) is 3.04. The zero-order valence-corrected chi connectivity index (χ0v) is 10.6. The molecule has 1 aliphatic rings. The molecule has 17 heavy (non-hydrogen) atoms. The first-order chi connectivity index (χ1) is 8.13. The maximum absolute atomic E-state index is 11.3. The van der Waals surface area contributed by atoms with Gasteiger partial charge in [0.05, 0.1) is 11.2 Å². The van der Waals surface area contributed by atoms with E-state index in [1.807, 2.05) is 7.05 Å². The molecule has 1 fully saturated rings. The van der Waals surface area contributed by atoms with Crippen molar-refractivity contribution >= 4 is 17.2 Å². The number of aldehydes is 1. The van der Waals surface area contributed by atoms with Crippen molar-refractivity contribution in [2.75, 3.05) is 0 Å². The fraction of sp³-hybridized carbons (Fsp3) is 0.400. The first-order valence-electron chi connectivity index (χ1n) is 6.18. The Hall–Kier alpha value is -1.57. The molecule has 0 N–H and O–H groups in total. The van der Waals surface area contributed by atoms with Gasteiger partial charge in [-0.1, -0.05) is 11.6 Å². The monoisotopic (exact) mass is 227 g/mol. The molecule has 2 aromatic rings. The van der Waals surface area contributed by atoms with Crippen molar-refractivity contribution in [3.63, 3.8) is 0 Å². The molecule has 3 rings (SSSR count). The van der Waals surface area contributed by atoms with E-state index in [0.29, 0.717) is 5.92 Å². The molecular formula is C15H17NO. The standard InChI is InChI=1S/C15H17NO/c1-9-6-10(2)15-12(7-9)14(11-4-5-11)13(8-17)16(15)3/h6-8,11H,4-5H2,1-3H3. The van der Waals surface area contributed by atoms with Crippen molar-refractivity contribution in [3.8, 4) is 0 Å². The second kappa shape index (κ2) is 3.46. The van der Waals surface area contributed by atoms with Gasteiger partial charge in [0.2, 0.25) is 0 Å². The Bertz CT molecular complexity index is 618. The number of aromatic nitrogens is 1. The lowest BCUT2D eigenvalue weighted by atomic mass is 10.0. The zero-order chi connectivity index (χ0) is 12.2. The van der Waals surface area contributed by atoms with Crippen molar-refractivity contribution in [3.05, 3.63) is 34.5 Å². The molecule has 0 spiro atoms. The minimum absolute atomic E-state index is 0.611. The molecule has 1 aliphatic carbocycles. The summed E-state index contributed by atoms with van der Waals surface area (Å²) >= 11 is 0. The molecule has 2 nitrogen and oxygen atoms in total. The molecule has 0 unspecified atom stereocenters. The molecule has 0 atom stereocenters. The highest BCUT2D eigenvalue weighted by Crippen LogP contribution is 2.46. The normalized spacial score (nSPS) is 15.5. The molecule has 0 bridgehead atoms. The van der Waals surface area contributed by atoms with Crippen molar-refractivity contribution < 1.29 is 4.79 Å². The summed E-state index contributed by atoms with van der Waals surface area (Å²) in [6, 6.07) is 4.41. The average molecular weight is 227 g/mol. The maximum Gasteiger partial charge on any atom is 0.166 e. The summed E-state index contributed by atoms with van der Waals surface area (Å²) in [5.74, 6) is 0.611. The van der Waals surface area contributed by atoms with E-state index < -0.39 is 0 Å². The van der Waals surface area contributed by atoms with Gasteiger partial charge in [-0.15, -0.1) is 0 Å². The highest BCUT2D eigenvalue weighted by Gasteiger charge is 2.30. The van der Waals surface area contributed by atoms with E-state index in [4.69, 9.17) is 0 Å². The van der Waals surface area contributed by atoms with Crippen LogP contribution in [0.25, 0.3) is 10.9 Å². The lowest BCUT2D eigenvalue weighted by Gasteiger charge is -2.03. The number of hydrogen-bond donors (Lipinski definition) is 0. The van der Waals surface area contributed by atoms with E-state index in [1.165, 1.54) is 40.4 Å². The second-order valence-corrected chi connectivity index (χ2v) is 5.23. The van der Waals surface area contributed by atoms with E-state index in [2.05, 4.69) is 30.5 Å². The Morgan fingerprint density at radius 3 is 2.59 bits per heavy atom. The van der Waals surface area contributed by atoms with Crippen molar-refractivity contribution in [2.45, 2.75) is 32.6 Å². The summed E-state index contributed by atoms with van der Waals surface area (Å²) in [5, 5.41) is 1.29. The minimum atomic E-state index is 0.611. The third-order valence-corrected chi connectivity index (χ3v) is 3.80. The number of carbonyl (C=O) groups is 1. The smallest absolute Gasteiger partial charge is 0.166 e. The van der Waals surface area contributed by atoms with Crippen LogP contribution in [0, 0.1) is 13.8 Å². The number of hydrogen-bond acceptors (Lipinski definition) is 1. The minimum Gasteiger partial charge on any atom is -0.341 e. The third kappa shape index (κ3) is 1.43. The number of benzene rings is 1. The fourth-order valence-electron chi connectivity index (χ4n) is 2.99. The molecule has 1 heterocycles. The van der Waals surface area contributed by atoms with Crippen LogP contribution in [0.2, 0.25) is 0 Å². The van der Waals surface area contributed by atoms with Crippen LogP contribution < -0.4 is 0 Å². The van der Waals surface area contributed by atoms with Crippen LogP contribution in [-0.4, -0.2) is 10.9 Å². The Morgan fingerprint density at radius 2 is 2.00 bits per heavy atom. The van der Waals surface area contributed by atoms with Gasteiger partial charge in [0.25, 0.3) is 0 Å². The summed E-state index contributed by atoms with van der Waals surface area (Å²) in [4.78, 5) is 11.3. The van der Waals surface area contributed by atoms with Gasteiger partial charge >= 0.3 is 0 Å². The molecule has 2 heteroatoms. The van der Waals surface area contributed by atoms with Crippen LogP contribution in [0.4, 0.5) is 0 Å². The number of aryl methyl sites for hydroxylation is 3. The van der Waals surface area contributed by atoms with Gasteiger partial charge in [-0.05, 0) is 49.8 Å². The SMILES string of the molecule is Cc1cc(C)c2c(c1)c(C1CC1)c(C=O)n2C. The topological polar surface area (TPSA) is 22.0 Å². The third-order valence-electron chi connectivity index (χ3n) is 3.80. The van der Waals surface area contributed by atoms with Gasteiger partial charge in [-0.3, -0.25) is 4.79 Å². The van der Waals surface area contributed by atoms with E-state index >= 15 is 0 Å². The molecule has 0 saturated heterocycles. The molecule has 88 valence electrons. The highest BCUT2D eigenvalue weighted by molar-refractivity contribution is 5.96. The van der Waals surface area contributed by atoms with E-state index in [1.54, 1.807) is 0 Å². The number of carbonyl (C=O) groups excluding carboxylic acids is 1. The van der Waals surface area contributed by atoms with Gasteiger partial charge in [-0.2, -0.15) is 0 Å². The number of fused-ring (bicyclic) bond motifs is 1. The first kappa shape index (κ1) is 10.6. The molecule has 0 radical (unpaired) electrons. The lowest BCUT2D eigenvalue weighted by Crippen LogP contribution is -1.97. The van der Waals surface area contributed by atoms with Gasteiger partial charge in [0.1, 0.15) is 0 Å². The molecule has 1 saturated carbocycles. The first-order valence-corrected chi connectivity index (χ1v) is 6.18. The largest absolute Gasteiger partial charge is 0.341 e. The van der Waals surface area contributed by atoms with Crippen LogP contribution in [0.15, 0.2) is 12.1 Å². The van der Waals surface area contributed by atoms with Crippen LogP contribution in [-0.2, 0) is 7.05 Å². The quantitative estimate of drug-likeness (QED) is 0.720. The number of nitrogens with zero attached hydrogens (tertiary/aromatic N) is 1. The number of rotatable bonds is 2. The lowest BCUT2D eigenvalue weighted by molar-refractivity contribution is 0.111. The Labute approximate surface area is 101 Å². The highest BCUT2D eigenvalue weighted by atomic mass is 16.1. The Morgan fingerprint density at radius 1 is 1.29 bits per heavy atom. The Kier molecular flexibility index (Phi) is 2.15. The van der Waals surface area contributed by atoms with Gasteiger partial charge < -0.3 is 4.57 Å². The maximum atomic E-state index is 11.3. The van der Waals surface area contributed by atoms with Crippen LogP contribution in [0.1, 0.15) is 45.9 Å². The summed E-state index contributed by atoms with van der Waals surface area (Å²) in [5.41, 5.74) is 5.91. The second-order valence-electron chi connectivity index (χ2n) is 5.23. The van der Waals surface area contributed by atoms with Gasteiger partial charge in [0.15, 0.2) is 6.29 Å². The van der Waals surface area contributed by atoms with Crippen LogP contribution in [0.5, 0.6) is 0 Å². The van der Waals surface area contributed by atoms with E-state index in [-0.39, 0.29) is 0 Å². The molecular weight excluding hydrogens is 210 g/mol. The Balaban J connectivity index is 2.46. The predicted molar refractivity (Wildman–Crippen MR) is 69.8 cm³/mol. The van der Waals surface area contributed by atoms with Gasteiger partial charge in [0, 0.05) is 12.4 Å². The van der Waals surface area contributed by atoms with E-state index in [0.717, 1.165) is 12.0 Å². The zero-order valence-electron chi connectivity index (χ0n) is 10.6. The summed E-state index contributed by atoms with van der Waals surface area (Å²) in [6.07, 6.45) is 3.47. The summed E-state index contributed by atoms with van der Waals surface area (Å²) < 4.78 is 2.06. The van der Waals surface area contributed by atoms with Crippen molar-refractivity contribution in [1.29, 1.82) is 0 Å². The van der Waals surface area contributed by atoms with Crippen molar-refractivity contribution in [1.82, 2.24) is 4.57 Å².